The molecule has 10 nitrogen and oxygen atoms in total. The summed E-state index contributed by atoms with van der Waals surface area (Å²) in [7, 11) is 0. The lowest BCUT2D eigenvalue weighted by molar-refractivity contribution is -0.102. The molecule has 0 aliphatic carbocycles. The van der Waals surface area contributed by atoms with Gasteiger partial charge < -0.3 is 39.7 Å². The van der Waals surface area contributed by atoms with Gasteiger partial charge in [-0.2, -0.15) is 0 Å². The molecule has 11 heteroatoms. The molecule has 0 bridgehead atoms. The molecule has 348 valence electrons. The average Bonchev–Trinajstić information content (AvgIpc) is 3.22. The van der Waals surface area contributed by atoms with Crippen LogP contribution in [0.5, 0.6) is 0 Å². The summed E-state index contributed by atoms with van der Waals surface area (Å²) >= 11 is 3.44. The van der Waals surface area contributed by atoms with E-state index in [2.05, 4.69) is 33.7 Å². The molecule has 0 radical (unpaired) electrons. The van der Waals surface area contributed by atoms with E-state index in [-0.39, 0.29) is 24.3 Å². The number of hydrogen-bond donors (Lipinski definition) is 4. The van der Waals surface area contributed by atoms with Crippen LogP contribution in [0, 0.1) is 24.2 Å². The van der Waals surface area contributed by atoms with Gasteiger partial charge in [-0.3, -0.25) is 0 Å². The normalized spacial score (nSPS) is 19.9. The number of nitrogens with zero attached hydrogens (tertiary/aromatic N) is 2. The molecular weight excluding hydrogens is 885 g/mol. The van der Waals surface area contributed by atoms with E-state index < -0.39 is 33.6 Å². The number of carbonyl (C=O) groups excluding carboxylic acids is 2. The SMILES string of the molecule is C#CC(C)(C)O.C[C@@H](c1ccc(Br)cc1)N1CC[C@](CC(C)(C)O)(c2ccccc2)OC1=O.C[C@@H](c1ccc(C#CC(C)(C)O)cc1)N1CC[C@](CC(C)(C)O)(c2ccccc2)OC1=O. The van der Waals surface area contributed by atoms with Crippen LogP contribution in [0.2, 0.25) is 0 Å². The van der Waals surface area contributed by atoms with Crippen molar-refractivity contribution in [2.24, 2.45) is 0 Å². The molecule has 2 amide bonds. The largest absolute Gasteiger partial charge is 0.438 e. The van der Waals surface area contributed by atoms with Crippen LogP contribution in [0.25, 0.3) is 0 Å². The number of amides is 2. The molecule has 2 aliphatic heterocycles. The summed E-state index contributed by atoms with van der Waals surface area (Å²) in [6, 6.07) is 34.8. The van der Waals surface area contributed by atoms with Crippen molar-refractivity contribution in [1.82, 2.24) is 9.80 Å². The lowest BCUT2D eigenvalue weighted by atomic mass is 9.80. The maximum atomic E-state index is 13.1. The van der Waals surface area contributed by atoms with E-state index in [1.807, 2.05) is 123 Å². The van der Waals surface area contributed by atoms with E-state index in [1.54, 1.807) is 65.2 Å². The zero-order valence-corrected chi connectivity index (χ0v) is 41.1. The Morgan fingerprint density at radius 1 is 0.615 bits per heavy atom. The second-order valence-electron chi connectivity index (χ2n) is 19.4. The van der Waals surface area contributed by atoms with Crippen molar-refractivity contribution in [3.05, 3.63) is 141 Å². The summed E-state index contributed by atoms with van der Waals surface area (Å²) in [5.41, 5.74) is -0.908. The van der Waals surface area contributed by atoms with Gasteiger partial charge in [0.1, 0.15) is 22.4 Å². The van der Waals surface area contributed by atoms with Crippen molar-refractivity contribution in [3.8, 4) is 24.2 Å². The van der Waals surface area contributed by atoms with Crippen LogP contribution in [-0.2, 0) is 20.7 Å². The third-order valence-electron chi connectivity index (χ3n) is 11.1. The number of aliphatic hydroxyl groups is 4. The number of benzene rings is 4. The Bertz CT molecular complexity index is 2270. The highest BCUT2D eigenvalue weighted by atomic mass is 79.9. The molecular formula is C54H67BrN2O8. The Morgan fingerprint density at radius 2 is 0.969 bits per heavy atom. The maximum Gasteiger partial charge on any atom is 0.411 e. The zero-order chi connectivity index (χ0) is 48.4. The van der Waals surface area contributed by atoms with Gasteiger partial charge in [0.05, 0.1) is 23.3 Å². The number of halogens is 1. The first-order valence-electron chi connectivity index (χ1n) is 22.0. The van der Waals surface area contributed by atoms with E-state index in [0.717, 1.165) is 32.3 Å². The standard InChI is InChI=1S/C27H33NO4.C22H26BrNO3.C5H8O/c1-20(22-13-11-21(12-14-22)15-16-25(2,3)30)28-18-17-27(32-24(28)29,19-26(4,5)31)23-9-7-6-8-10-23;1-16(17-9-11-19(23)12-10-17)24-14-13-22(27-20(24)25,15-21(2,3)26)18-7-5-4-6-8-18;1-4-5(2,3)6/h6-14,20,30-31H,17-19H2,1-5H3;4-12,16,26H,13-15H2,1-3H3;1,6H,2-3H3/t20-,27-;16-,22-;/m00./s1. The van der Waals surface area contributed by atoms with Crippen LogP contribution in [0.15, 0.2) is 114 Å². The molecule has 0 unspecified atom stereocenters. The highest BCUT2D eigenvalue weighted by Crippen LogP contribution is 2.44. The second-order valence-corrected chi connectivity index (χ2v) is 20.3. The van der Waals surface area contributed by atoms with E-state index in [0.29, 0.717) is 38.8 Å². The molecule has 2 saturated heterocycles. The number of terminal acetylenes is 1. The molecule has 4 aromatic rings. The van der Waals surface area contributed by atoms with Crippen molar-refractivity contribution in [2.75, 3.05) is 13.1 Å². The molecule has 2 fully saturated rings. The first-order valence-corrected chi connectivity index (χ1v) is 22.8. The molecule has 2 aliphatic rings. The average molecular weight is 952 g/mol. The fraction of sp³-hybridized carbons (Fsp3) is 0.444. The smallest absolute Gasteiger partial charge is 0.411 e. The zero-order valence-electron chi connectivity index (χ0n) is 39.6. The maximum absolute atomic E-state index is 13.1. The first kappa shape index (κ1) is 52.5. The van der Waals surface area contributed by atoms with Gasteiger partial charge in [0.2, 0.25) is 0 Å². The van der Waals surface area contributed by atoms with Gasteiger partial charge in [0.15, 0.2) is 0 Å². The Kier molecular flexibility index (Phi) is 17.3. The fourth-order valence-corrected chi connectivity index (χ4v) is 8.22. The Morgan fingerprint density at radius 3 is 1.28 bits per heavy atom. The van der Waals surface area contributed by atoms with Gasteiger partial charge in [-0.05, 0) is 116 Å². The molecule has 0 spiro atoms. The first-order chi connectivity index (χ1) is 30.1. The van der Waals surface area contributed by atoms with Gasteiger partial charge in [0.25, 0.3) is 0 Å². The van der Waals surface area contributed by atoms with Crippen molar-refractivity contribution >= 4 is 28.1 Å². The summed E-state index contributed by atoms with van der Waals surface area (Å²) < 4.78 is 13.1. The van der Waals surface area contributed by atoms with Crippen LogP contribution in [0.3, 0.4) is 0 Å². The fourth-order valence-electron chi connectivity index (χ4n) is 7.95. The quantitative estimate of drug-likeness (QED) is 0.115. The van der Waals surface area contributed by atoms with Crippen molar-refractivity contribution < 1.29 is 39.5 Å². The lowest BCUT2D eigenvalue weighted by Gasteiger charge is -2.45. The highest BCUT2D eigenvalue weighted by Gasteiger charge is 2.47. The molecule has 6 rings (SSSR count). The van der Waals surface area contributed by atoms with Gasteiger partial charge in [0, 0.05) is 48.8 Å². The number of rotatable bonds is 10. The third kappa shape index (κ3) is 15.8. The van der Waals surface area contributed by atoms with E-state index in [1.165, 1.54) is 0 Å². The highest BCUT2D eigenvalue weighted by molar-refractivity contribution is 9.10. The predicted octanol–water partition coefficient (Wildman–Crippen LogP) is 10.6. The minimum Gasteiger partial charge on any atom is -0.438 e. The molecule has 4 aromatic carbocycles. The third-order valence-corrected chi connectivity index (χ3v) is 11.7. The Labute approximate surface area is 395 Å². The summed E-state index contributed by atoms with van der Waals surface area (Å²) in [5.74, 6) is 7.92. The molecule has 65 heavy (non-hydrogen) atoms. The lowest BCUT2D eigenvalue weighted by Crippen LogP contribution is -2.51. The van der Waals surface area contributed by atoms with E-state index in [4.69, 9.17) is 21.0 Å². The van der Waals surface area contributed by atoms with Crippen molar-refractivity contribution in [2.45, 2.75) is 141 Å². The summed E-state index contributed by atoms with van der Waals surface area (Å²) in [6.07, 6.45) is 5.98. The molecule has 4 atom stereocenters. The van der Waals surface area contributed by atoms with Gasteiger partial charge in [-0.1, -0.05) is 119 Å². The topological polar surface area (TPSA) is 140 Å². The Balaban J connectivity index is 0.000000255. The molecule has 4 N–H and O–H groups in total. The number of ether oxygens (including phenoxy) is 2. The number of carbonyl (C=O) groups is 2. The second kappa shape index (κ2) is 21.4. The summed E-state index contributed by atoms with van der Waals surface area (Å²) in [5, 5.41) is 39.3. The molecule has 0 saturated carbocycles. The van der Waals surface area contributed by atoms with Gasteiger partial charge in [-0.15, -0.1) is 6.42 Å². The Hall–Kier alpha value is -5.14. The van der Waals surface area contributed by atoms with Crippen LogP contribution in [0.1, 0.15) is 135 Å². The van der Waals surface area contributed by atoms with Crippen LogP contribution in [0.4, 0.5) is 9.59 Å². The van der Waals surface area contributed by atoms with Gasteiger partial charge in [-0.25, -0.2) is 9.59 Å². The van der Waals surface area contributed by atoms with Gasteiger partial charge >= 0.3 is 12.2 Å². The van der Waals surface area contributed by atoms with E-state index >= 15 is 0 Å². The van der Waals surface area contributed by atoms with E-state index in [9.17, 15) is 24.9 Å². The van der Waals surface area contributed by atoms with Crippen LogP contribution < -0.4 is 0 Å². The number of cyclic esters (lactones) is 2. The van der Waals surface area contributed by atoms with Crippen molar-refractivity contribution in [3.63, 3.8) is 0 Å². The predicted molar refractivity (Wildman–Crippen MR) is 259 cm³/mol. The van der Waals surface area contributed by atoms with Crippen LogP contribution in [-0.4, -0.2) is 77.9 Å². The minimum atomic E-state index is -1.04. The molecule has 2 heterocycles. The summed E-state index contributed by atoms with van der Waals surface area (Å²) in [4.78, 5) is 29.6. The number of hydrogen-bond acceptors (Lipinski definition) is 8. The minimum absolute atomic E-state index is 0.0819. The molecule has 0 aromatic heterocycles. The van der Waals surface area contributed by atoms with Crippen LogP contribution >= 0.6 is 15.9 Å². The van der Waals surface area contributed by atoms with Crippen molar-refractivity contribution in [1.29, 1.82) is 0 Å². The summed E-state index contributed by atoms with van der Waals surface area (Å²) in [6.45, 7) is 18.5. The monoisotopic (exact) mass is 950 g/mol.